The molecule has 7 nitrogen and oxygen atoms in total. The number of amides is 2. The van der Waals surface area contributed by atoms with E-state index in [-0.39, 0.29) is 17.9 Å². The van der Waals surface area contributed by atoms with Crippen molar-refractivity contribution in [3.05, 3.63) is 64.7 Å². The summed E-state index contributed by atoms with van der Waals surface area (Å²) in [5.74, 6) is 0.491. The van der Waals surface area contributed by atoms with Gasteiger partial charge in [-0.3, -0.25) is 14.5 Å². The molecule has 1 fully saturated rings. The molecule has 0 N–H and O–H groups in total. The lowest BCUT2D eigenvalue weighted by molar-refractivity contribution is -0.141. The van der Waals surface area contributed by atoms with Crippen LogP contribution in [-0.4, -0.2) is 51.9 Å². The molecule has 7 heteroatoms. The largest absolute Gasteiger partial charge is 0.493 e. The maximum atomic E-state index is 13.0. The fourth-order valence-electron chi connectivity index (χ4n) is 3.21. The Morgan fingerprint density at radius 3 is 1.77 bits per heavy atom. The van der Waals surface area contributed by atoms with Gasteiger partial charge in [0.2, 0.25) is 5.75 Å². The highest BCUT2D eigenvalue weighted by Gasteiger charge is 2.38. The summed E-state index contributed by atoms with van der Waals surface area (Å²) in [6.45, 7) is -0.129. The van der Waals surface area contributed by atoms with Crippen LogP contribution in [0.25, 0.3) is 12.2 Å². The number of nitrogens with zero attached hydrogens (tertiary/aromatic N) is 1. The van der Waals surface area contributed by atoms with Crippen molar-refractivity contribution in [1.29, 1.82) is 0 Å². The van der Waals surface area contributed by atoms with Gasteiger partial charge in [-0.25, -0.2) is 0 Å². The van der Waals surface area contributed by atoms with Crippen LogP contribution in [0.3, 0.4) is 0 Å². The van der Waals surface area contributed by atoms with Crippen molar-refractivity contribution in [2.24, 2.45) is 0 Å². The molecule has 0 bridgehead atoms. The van der Waals surface area contributed by atoms with Crippen molar-refractivity contribution >= 4 is 24.0 Å². The van der Waals surface area contributed by atoms with E-state index in [1.165, 1.54) is 28.4 Å². The van der Waals surface area contributed by atoms with Crippen LogP contribution in [0.2, 0.25) is 0 Å². The van der Waals surface area contributed by atoms with Gasteiger partial charge in [0.05, 0.1) is 32.5 Å². The summed E-state index contributed by atoms with van der Waals surface area (Å²) in [5, 5.41) is 0. The molecule has 2 aromatic rings. The molecule has 2 amide bonds. The molecule has 0 radical (unpaired) electrons. The molecule has 2 aromatic carbocycles. The van der Waals surface area contributed by atoms with Crippen LogP contribution >= 0.6 is 0 Å². The summed E-state index contributed by atoms with van der Waals surface area (Å²) in [6, 6.07) is 12.8. The molecule has 1 aliphatic heterocycles. The minimum Gasteiger partial charge on any atom is -0.493 e. The predicted molar refractivity (Wildman–Crippen MR) is 112 cm³/mol. The molecule has 1 aliphatic rings. The number of methoxy groups -OCH3 is 4. The molecule has 0 aliphatic carbocycles. The van der Waals surface area contributed by atoms with E-state index >= 15 is 0 Å². The highest BCUT2D eigenvalue weighted by Crippen LogP contribution is 2.39. The van der Waals surface area contributed by atoms with Crippen LogP contribution in [0.4, 0.5) is 0 Å². The summed E-state index contributed by atoms with van der Waals surface area (Å²) >= 11 is 0. The van der Waals surface area contributed by atoms with Crippen LogP contribution in [0, 0.1) is 0 Å². The van der Waals surface area contributed by atoms with Gasteiger partial charge >= 0.3 is 0 Å². The molecule has 0 atom stereocenters. The Morgan fingerprint density at radius 1 is 0.767 bits per heavy atom. The number of likely N-dealkylation sites (tertiary alicyclic amines) is 1. The smallest absolute Gasteiger partial charge is 0.263 e. The van der Waals surface area contributed by atoms with Crippen molar-refractivity contribution < 1.29 is 28.5 Å². The van der Waals surface area contributed by atoms with Crippen molar-refractivity contribution in [1.82, 2.24) is 4.90 Å². The Hall–Kier alpha value is -3.58. The number of hydrogen-bond acceptors (Lipinski definition) is 6. The van der Waals surface area contributed by atoms with Crippen LogP contribution < -0.4 is 14.2 Å². The van der Waals surface area contributed by atoms with Gasteiger partial charge in [-0.15, -0.1) is 0 Å². The lowest BCUT2D eigenvalue weighted by Crippen LogP contribution is -2.31. The van der Waals surface area contributed by atoms with Crippen molar-refractivity contribution in [3.8, 4) is 17.2 Å². The second-order valence-corrected chi connectivity index (χ2v) is 6.44. The Labute approximate surface area is 175 Å². The first kappa shape index (κ1) is 21.1. The fraction of sp³-hybridized carbons (Fsp3) is 0.217. The SMILES string of the molecule is COCN1C(=O)C(=Cc2ccccc2)C(=Cc2cc(OC)c(OC)c(OC)c2)C1=O. The molecule has 1 heterocycles. The predicted octanol–water partition coefficient (Wildman–Crippen LogP) is 3.15. The molecule has 0 aromatic heterocycles. The third-order valence-corrected chi connectivity index (χ3v) is 4.61. The van der Waals surface area contributed by atoms with Gasteiger partial charge in [-0.1, -0.05) is 30.3 Å². The second-order valence-electron chi connectivity index (χ2n) is 6.44. The Bertz CT molecular complexity index is 985. The number of rotatable bonds is 7. The number of benzene rings is 2. The van der Waals surface area contributed by atoms with Crippen molar-refractivity contribution in [2.75, 3.05) is 35.2 Å². The number of carbonyl (C=O) groups is 2. The zero-order chi connectivity index (χ0) is 21.7. The standard InChI is InChI=1S/C23H23NO6/c1-27-14-24-22(25)17(10-15-8-6-5-7-9-15)18(23(24)26)11-16-12-19(28-2)21(30-4)20(13-16)29-3/h5-13H,14H2,1-4H3. The summed E-state index contributed by atoms with van der Waals surface area (Å²) in [6.07, 6.45) is 3.33. The van der Waals surface area contributed by atoms with Crippen molar-refractivity contribution in [3.63, 3.8) is 0 Å². The highest BCUT2D eigenvalue weighted by atomic mass is 16.5. The van der Waals surface area contributed by atoms with Crippen LogP contribution in [-0.2, 0) is 14.3 Å². The Balaban J connectivity index is 2.15. The molecule has 0 unspecified atom stereocenters. The monoisotopic (exact) mass is 409 g/mol. The van der Waals surface area contributed by atoms with Gasteiger partial charge < -0.3 is 18.9 Å². The normalized spacial score (nSPS) is 16.5. The maximum absolute atomic E-state index is 13.0. The minimum absolute atomic E-state index is 0.129. The number of ether oxygens (including phenoxy) is 4. The molecular formula is C23H23NO6. The van der Waals surface area contributed by atoms with E-state index in [9.17, 15) is 9.59 Å². The van der Waals surface area contributed by atoms with E-state index in [1.54, 1.807) is 24.3 Å². The summed E-state index contributed by atoms with van der Waals surface area (Å²) in [4.78, 5) is 26.9. The molecule has 1 saturated heterocycles. The average molecular weight is 409 g/mol. The lowest BCUT2D eigenvalue weighted by Gasteiger charge is -2.13. The lowest BCUT2D eigenvalue weighted by atomic mass is 10.0. The quantitative estimate of drug-likeness (QED) is 0.517. The topological polar surface area (TPSA) is 74.3 Å². The van der Waals surface area contributed by atoms with Crippen LogP contribution in [0.15, 0.2) is 53.6 Å². The van der Waals surface area contributed by atoms with Crippen molar-refractivity contribution in [2.45, 2.75) is 0 Å². The fourth-order valence-corrected chi connectivity index (χ4v) is 3.21. The number of carbonyl (C=O) groups excluding carboxylic acids is 2. The van der Waals surface area contributed by atoms with E-state index < -0.39 is 11.8 Å². The van der Waals surface area contributed by atoms with E-state index in [4.69, 9.17) is 18.9 Å². The number of imide groups is 1. The molecule has 0 spiro atoms. The first-order valence-electron chi connectivity index (χ1n) is 9.18. The first-order valence-corrected chi connectivity index (χ1v) is 9.18. The van der Waals surface area contributed by atoms with Gasteiger partial charge in [-0.2, -0.15) is 0 Å². The molecule has 3 rings (SSSR count). The first-order chi connectivity index (χ1) is 14.5. The minimum atomic E-state index is -0.433. The van der Waals surface area contributed by atoms with E-state index in [0.29, 0.717) is 22.8 Å². The molecule has 0 saturated carbocycles. The zero-order valence-electron chi connectivity index (χ0n) is 17.3. The third kappa shape index (κ3) is 4.06. The highest BCUT2D eigenvalue weighted by molar-refractivity contribution is 6.28. The zero-order valence-corrected chi connectivity index (χ0v) is 17.3. The van der Waals surface area contributed by atoms with E-state index in [1.807, 2.05) is 30.3 Å². The van der Waals surface area contributed by atoms with E-state index in [0.717, 1.165) is 10.5 Å². The Kier molecular flexibility index (Phi) is 6.54. The van der Waals surface area contributed by atoms with Crippen LogP contribution in [0.1, 0.15) is 11.1 Å². The number of hydrogen-bond donors (Lipinski definition) is 0. The molecular weight excluding hydrogens is 386 g/mol. The van der Waals surface area contributed by atoms with Crippen LogP contribution in [0.5, 0.6) is 17.2 Å². The van der Waals surface area contributed by atoms with Gasteiger partial charge in [-0.05, 0) is 35.4 Å². The molecule has 156 valence electrons. The Morgan fingerprint density at radius 2 is 1.30 bits per heavy atom. The summed E-state index contributed by atoms with van der Waals surface area (Å²) < 4.78 is 21.1. The summed E-state index contributed by atoms with van der Waals surface area (Å²) in [5.41, 5.74) is 1.98. The van der Waals surface area contributed by atoms with Gasteiger partial charge in [0.15, 0.2) is 11.5 Å². The second kappa shape index (κ2) is 9.28. The average Bonchev–Trinajstić information content (AvgIpc) is 2.98. The van der Waals surface area contributed by atoms with Gasteiger partial charge in [0.25, 0.3) is 11.8 Å². The van der Waals surface area contributed by atoms with Gasteiger partial charge in [0.1, 0.15) is 6.73 Å². The molecule has 30 heavy (non-hydrogen) atoms. The summed E-state index contributed by atoms with van der Waals surface area (Å²) in [7, 11) is 5.97. The van der Waals surface area contributed by atoms with Gasteiger partial charge in [0, 0.05) is 7.11 Å². The third-order valence-electron chi connectivity index (χ3n) is 4.61. The van der Waals surface area contributed by atoms with E-state index in [2.05, 4.69) is 0 Å². The maximum Gasteiger partial charge on any atom is 0.263 e.